The standard InChI is InChI=1S/C17H19F3N4O4/c1-11(15-3-2-8-28-15)23-10-16(25)22-7-6-21-13-5-4-12(17(18,19)20)9-14(13)24(26)27/h2-5,8-9,11,21,23H,6-7,10H2,1H3,(H,22,25)/p+1/t11-/m0/s1. The molecule has 0 fully saturated rings. The number of hydrogen-bond donors (Lipinski definition) is 3. The quantitative estimate of drug-likeness (QED) is 0.338. The van der Waals surface area contributed by atoms with Gasteiger partial charge in [0.05, 0.1) is 16.7 Å². The second kappa shape index (κ2) is 9.22. The number of carbonyl (C=O) groups excluding carboxylic acids is 1. The van der Waals surface area contributed by atoms with E-state index in [-0.39, 0.29) is 37.3 Å². The Labute approximate surface area is 158 Å². The largest absolute Gasteiger partial charge is 0.463 e. The predicted octanol–water partition coefficient (Wildman–Crippen LogP) is 2.06. The fourth-order valence-corrected chi connectivity index (χ4v) is 2.43. The van der Waals surface area contributed by atoms with E-state index in [4.69, 9.17) is 4.42 Å². The van der Waals surface area contributed by atoms with Gasteiger partial charge in [0.25, 0.3) is 11.6 Å². The number of hydrogen-bond acceptors (Lipinski definition) is 5. The molecule has 1 heterocycles. The molecule has 0 radical (unpaired) electrons. The van der Waals surface area contributed by atoms with Crippen molar-refractivity contribution in [2.75, 3.05) is 25.0 Å². The summed E-state index contributed by atoms with van der Waals surface area (Å²) >= 11 is 0. The molecule has 11 heteroatoms. The topological polar surface area (TPSA) is 114 Å². The van der Waals surface area contributed by atoms with E-state index in [2.05, 4.69) is 10.6 Å². The molecule has 28 heavy (non-hydrogen) atoms. The van der Waals surface area contributed by atoms with Crippen molar-refractivity contribution in [3.8, 4) is 0 Å². The zero-order valence-electron chi connectivity index (χ0n) is 15.0. The summed E-state index contributed by atoms with van der Waals surface area (Å²) in [6, 6.07) is 5.77. The van der Waals surface area contributed by atoms with Crippen molar-refractivity contribution in [1.82, 2.24) is 5.32 Å². The van der Waals surface area contributed by atoms with Crippen LogP contribution >= 0.6 is 0 Å². The first kappa shape index (κ1) is 21.2. The number of quaternary nitrogens is 1. The summed E-state index contributed by atoms with van der Waals surface area (Å²) in [7, 11) is 0. The van der Waals surface area contributed by atoms with Crippen molar-refractivity contribution in [2.45, 2.75) is 19.1 Å². The van der Waals surface area contributed by atoms with Crippen LogP contribution in [0, 0.1) is 10.1 Å². The highest BCUT2D eigenvalue weighted by Gasteiger charge is 2.33. The Kier molecular flexibility index (Phi) is 6.99. The van der Waals surface area contributed by atoms with Gasteiger partial charge in [-0.2, -0.15) is 13.2 Å². The normalized spacial score (nSPS) is 12.4. The van der Waals surface area contributed by atoms with Gasteiger partial charge in [-0.1, -0.05) is 0 Å². The number of alkyl halides is 3. The number of nitrogens with zero attached hydrogens (tertiary/aromatic N) is 1. The fraction of sp³-hybridized carbons (Fsp3) is 0.353. The molecule has 1 aromatic heterocycles. The summed E-state index contributed by atoms with van der Waals surface area (Å²) in [5, 5.41) is 18.1. The van der Waals surface area contributed by atoms with Gasteiger partial charge in [-0.05, 0) is 31.2 Å². The smallest absolute Gasteiger partial charge is 0.416 e. The summed E-state index contributed by atoms with van der Waals surface area (Å²) < 4.78 is 43.3. The Hall–Kier alpha value is -3.08. The van der Waals surface area contributed by atoms with Crippen molar-refractivity contribution in [3.05, 3.63) is 58.0 Å². The first-order chi connectivity index (χ1) is 13.2. The molecule has 1 aromatic carbocycles. The third-order valence-electron chi connectivity index (χ3n) is 3.93. The molecule has 8 nitrogen and oxygen atoms in total. The zero-order valence-corrected chi connectivity index (χ0v) is 15.0. The summed E-state index contributed by atoms with van der Waals surface area (Å²) in [6.07, 6.45) is -3.12. The van der Waals surface area contributed by atoms with Crippen LogP contribution in [0.1, 0.15) is 24.3 Å². The highest BCUT2D eigenvalue weighted by Crippen LogP contribution is 2.34. The van der Waals surface area contributed by atoms with Crippen molar-refractivity contribution >= 4 is 17.3 Å². The Bertz CT molecular complexity index is 809. The van der Waals surface area contributed by atoms with E-state index in [0.717, 1.165) is 17.9 Å². The molecule has 4 N–H and O–H groups in total. The van der Waals surface area contributed by atoms with Gasteiger partial charge >= 0.3 is 6.18 Å². The molecule has 1 atom stereocenters. The molecule has 0 saturated heterocycles. The van der Waals surface area contributed by atoms with Crippen LogP contribution in [0.4, 0.5) is 24.5 Å². The van der Waals surface area contributed by atoms with Gasteiger partial charge in [0.2, 0.25) is 0 Å². The molecular formula is C17H20F3N4O4+. The molecule has 0 spiro atoms. The first-order valence-electron chi connectivity index (χ1n) is 8.41. The van der Waals surface area contributed by atoms with E-state index in [1.807, 2.05) is 6.92 Å². The van der Waals surface area contributed by atoms with Crippen LogP contribution in [-0.2, 0) is 11.0 Å². The maximum absolute atomic E-state index is 12.7. The molecule has 0 aliphatic carbocycles. The number of halogens is 3. The van der Waals surface area contributed by atoms with Crippen molar-refractivity contribution in [2.24, 2.45) is 0 Å². The van der Waals surface area contributed by atoms with Crippen LogP contribution in [0.25, 0.3) is 0 Å². The average Bonchev–Trinajstić information content (AvgIpc) is 3.17. The molecule has 0 unspecified atom stereocenters. The van der Waals surface area contributed by atoms with Crippen LogP contribution in [0.3, 0.4) is 0 Å². The monoisotopic (exact) mass is 401 g/mol. The van der Waals surface area contributed by atoms with E-state index < -0.39 is 22.4 Å². The summed E-state index contributed by atoms with van der Waals surface area (Å²) in [4.78, 5) is 21.9. The number of nitro groups is 1. The molecule has 2 rings (SSSR count). The Morgan fingerprint density at radius 3 is 2.68 bits per heavy atom. The maximum Gasteiger partial charge on any atom is 0.416 e. The number of benzene rings is 1. The average molecular weight is 401 g/mol. The third-order valence-corrected chi connectivity index (χ3v) is 3.93. The number of anilines is 1. The maximum atomic E-state index is 12.7. The molecule has 2 aromatic rings. The molecule has 0 aliphatic rings. The van der Waals surface area contributed by atoms with Gasteiger partial charge in [-0.15, -0.1) is 0 Å². The van der Waals surface area contributed by atoms with Crippen LogP contribution < -0.4 is 16.0 Å². The van der Waals surface area contributed by atoms with E-state index in [9.17, 15) is 28.1 Å². The molecule has 1 amide bonds. The van der Waals surface area contributed by atoms with Gasteiger partial charge in [0.1, 0.15) is 11.7 Å². The second-order valence-electron chi connectivity index (χ2n) is 6.01. The number of nitrogens with one attached hydrogen (secondary N) is 2. The lowest BCUT2D eigenvalue weighted by molar-refractivity contribution is -0.684. The number of rotatable bonds is 9. The minimum Gasteiger partial charge on any atom is -0.463 e. The number of amides is 1. The Morgan fingerprint density at radius 2 is 2.07 bits per heavy atom. The summed E-state index contributed by atoms with van der Waals surface area (Å²) in [5.41, 5.74) is -1.83. The number of carbonyl (C=O) groups is 1. The fourth-order valence-electron chi connectivity index (χ4n) is 2.43. The molecule has 152 valence electrons. The third kappa shape index (κ3) is 5.98. The molecule has 0 bridgehead atoms. The van der Waals surface area contributed by atoms with Crippen LogP contribution in [-0.4, -0.2) is 30.5 Å². The zero-order chi connectivity index (χ0) is 20.7. The van der Waals surface area contributed by atoms with E-state index in [1.165, 1.54) is 0 Å². The van der Waals surface area contributed by atoms with Gasteiger partial charge in [-0.3, -0.25) is 14.9 Å². The minimum absolute atomic E-state index is 0.0336. The Balaban J connectivity index is 1.79. The predicted molar refractivity (Wildman–Crippen MR) is 93.5 cm³/mol. The first-order valence-corrected chi connectivity index (χ1v) is 8.41. The lowest BCUT2D eigenvalue weighted by Crippen LogP contribution is -2.87. The lowest BCUT2D eigenvalue weighted by atomic mass is 10.1. The highest BCUT2D eigenvalue weighted by molar-refractivity contribution is 5.76. The van der Waals surface area contributed by atoms with Gasteiger partial charge in [-0.25, -0.2) is 0 Å². The van der Waals surface area contributed by atoms with E-state index in [1.54, 1.807) is 23.7 Å². The van der Waals surface area contributed by atoms with Crippen LogP contribution in [0.2, 0.25) is 0 Å². The summed E-state index contributed by atoms with van der Waals surface area (Å²) in [5.74, 6) is 0.492. The van der Waals surface area contributed by atoms with Crippen molar-refractivity contribution in [3.63, 3.8) is 0 Å². The molecular weight excluding hydrogens is 381 g/mol. The molecule has 0 aliphatic heterocycles. The van der Waals surface area contributed by atoms with Gasteiger partial charge in [0, 0.05) is 19.2 Å². The van der Waals surface area contributed by atoms with E-state index in [0.29, 0.717) is 6.07 Å². The van der Waals surface area contributed by atoms with Gasteiger partial charge in [0.15, 0.2) is 12.3 Å². The van der Waals surface area contributed by atoms with Crippen molar-refractivity contribution < 1.29 is 32.6 Å². The van der Waals surface area contributed by atoms with Crippen LogP contribution in [0.15, 0.2) is 41.0 Å². The lowest BCUT2D eigenvalue weighted by Gasteiger charge is -2.11. The molecule has 0 saturated carbocycles. The van der Waals surface area contributed by atoms with Crippen molar-refractivity contribution in [1.29, 1.82) is 0 Å². The highest BCUT2D eigenvalue weighted by atomic mass is 19.4. The summed E-state index contributed by atoms with van der Waals surface area (Å²) in [6.45, 7) is 2.31. The minimum atomic E-state index is -4.67. The number of nitrogens with two attached hydrogens (primary N) is 1. The number of nitro benzene ring substituents is 1. The van der Waals surface area contributed by atoms with Crippen LogP contribution in [0.5, 0.6) is 0 Å². The second-order valence-corrected chi connectivity index (χ2v) is 6.01. The SMILES string of the molecule is C[C@H]([NH2+]CC(=O)NCCNc1ccc(C(F)(F)F)cc1[N+](=O)[O-])c1ccco1. The van der Waals surface area contributed by atoms with E-state index >= 15 is 0 Å². The Morgan fingerprint density at radius 1 is 1.32 bits per heavy atom. The van der Waals surface area contributed by atoms with Gasteiger partial charge < -0.3 is 20.4 Å². The number of furan rings is 1.